The van der Waals surface area contributed by atoms with Gasteiger partial charge in [-0.05, 0) is 26.7 Å². The highest BCUT2D eigenvalue weighted by molar-refractivity contribution is 5.81. The molecule has 1 aliphatic heterocycles. The molecule has 1 saturated carbocycles. The average Bonchev–Trinajstić information content (AvgIpc) is 2.79. The molecule has 1 aliphatic carbocycles. The van der Waals surface area contributed by atoms with Gasteiger partial charge in [0.2, 0.25) is 0 Å². The second-order valence-electron chi connectivity index (χ2n) is 5.86. The summed E-state index contributed by atoms with van der Waals surface area (Å²) in [5.41, 5.74) is -0.541. The topological polar surface area (TPSA) is 47.6 Å². The van der Waals surface area contributed by atoms with Crippen molar-refractivity contribution in [1.29, 1.82) is 0 Å². The fourth-order valence-electron chi connectivity index (χ4n) is 3.56. The first kappa shape index (κ1) is 13.8. The number of methoxy groups -OCH3 is 1. The number of carbonyl (C=O) groups is 1. The van der Waals surface area contributed by atoms with E-state index < -0.39 is 5.54 Å². The van der Waals surface area contributed by atoms with Crippen LogP contribution in [0.25, 0.3) is 0 Å². The molecule has 1 heterocycles. The first-order chi connectivity index (χ1) is 8.55. The third-order valence-electron chi connectivity index (χ3n) is 4.15. The molecule has 2 unspecified atom stereocenters. The van der Waals surface area contributed by atoms with Crippen LogP contribution in [0.4, 0.5) is 0 Å². The highest BCUT2D eigenvalue weighted by atomic mass is 16.5. The Morgan fingerprint density at radius 2 is 1.78 bits per heavy atom. The summed E-state index contributed by atoms with van der Waals surface area (Å²) >= 11 is 0. The summed E-state index contributed by atoms with van der Waals surface area (Å²) in [5, 5.41) is 3.59. The number of hydrogen-bond donors (Lipinski definition) is 1. The van der Waals surface area contributed by atoms with Gasteiger partial charge in [-0.25, -0.2) is 0 Å². The van der Waals surface area contributed by atoms with E-state index in [1.807, 2.05) is 13.8 Å². The zero-order valence-electron chi connectivity index (χ0n) is 11.7. The maximum Gasteiger partial charge on any atom is 0.326 e. The molecule has 18 heavy (non-hydrogen) atoms. The summed E-state index contributed by atoms with van der Waals surface area (Å²) in [6.07, 6.45) is 6.47. The summed E-state index contributed by atoms with van der Waals surface area (Å²) in [6, 6.07) is 0.460. The summed E-state index contributed by atoms with van der Waals surface area (Å²) in [4.78, 5) is 12.2. The minimum absolute atomic E-state index is 0.0988. The van der Waals surface area contributed by atoms with Crippen LogP contribution in [-0.2, 0) is 14.3 Å². The van der Waals surface area contributed by atoms with Gasteiger partial charge in [0.05, 0.1) is 19.3 Å². The van der Waals surface area contributed by atoms with Crippen molar-refractivity contribution < 1.29 is 14.3 Å². The average molecular weight is 255 g/mol. The van der Waals surface area contributed by atoms with Crippen molar-refractivity contribution in [3.63, 3.8) is 0 Å². The predicted molar refractivity (Wildman–Crippen MR) is 69.4 cm³/mol. The van der Waals surface area contributed by atoms with Crippen LogP contribution in [0.3, 0.4) is 0 Å². The fraction of sp³-hybridized carbons (Fsp3) is 0.929. The van der Waals surface area contributed by atoms with E-state index in [1.165, 1.54) is 32.8 Å². The van der Waals surface area contributed by atoms with Gasteiger partial charge in [0, 0.05) is 18.9 Å². The van der Waals surface area contributed by atoms with E-state index in [0.29, 0.717) is 18.9 Å². The molecule has 4 heteroatoms. The van der Waals surface area contributed by atoms with Crippen molar-refractivity contribution in [2.75, 3.05) is 7.11 Å². The van der Waals surface area contributed by atoms with Gasteiger partial charge in [0.1, 0.15) is 5.54 Å². The van der Waals surface area contributed by atoms with Gasteiger partial charge in [-0.15, -0.1) is 0 Å². The number of ether oxygens (including phenoxy) is 2. The third-order valence-corrected chi connectivity index (χ3v) is 4.15. The first-order valence-corrected chi connectivity index (χ1v) is 7.07. The molecule has 0 amide bonds. The standard InChI is InChI=1S/C14H25NO3/c1-10-8-14(13(16)17-3,9-11(2)18-10)15-12-6-4-5-7-12/h10-12,15H,4-9H2,1-3H3. The Kier molecular flexibility index (Phi) is 4.28. The van der Waals surface area contributed by atoms with Crippen molar-refractivity contribution in [1.82, 2.24) is 5.32 Å². The monoisotopic (exact) mass is 255 g/mol. The van der Waals surface area contributed by atoms with E-state index in [2.05, 4.69) is 5.32 Å². The molecule has 0 aromatic heterocycles. The molecule has 2 atom stereocenters. The molecular weight excluding hydrogens is 230 g/mol. The largest absolute Gasteiger partial charge is 0.468 e. The number of carbonyl (C=O) groups excluding carboxylic acids is 1. The lowest BCUT2D eigenvalue weighted by Crippen LogP contribution is -2.61. The molecule has 2 fully saturated rings. The quantitative estimate of drug-likeness (QED) is 0.784. The maximum atomic E-state index is 12.2. The van der Waals surface area contributed by atoms with Crippen LogP contribution in [0, 0.1) is 0 Å². The van der Waals surface area contributed by atoms with Crippen molar-refractivity contribution in [2.45, 2.75) is 76.2 Å². The molecular formula is C14H25NO3. The van der Waals surface area contributed by atoms with E-state index in [-0.39, 0.29) is 18.2 Å². The van der Waals surface area contributed by atoms with Gasteiger partial charge < -0.3 is 9.47 Å². The zero-order chi connectivity index (χ0) is 13.2. The first-order valence-electron chi connectivity index (χ1n) is 7.07. The van der Waals surface area contributed by atoms with Gasteiger partial charge >= 0.3 is 5.97 Å². The third kappa shape index (κ3) is 2.86. The van der Waals surface area contributed by atoms with Crippen LogP contribution in [-0.4, -0.2) is 36.9 Å². The summed E-state index contributed by atoms with van der Waals surface area (Å²) < 4.78 is 10.8. The van der Waals surface area contributed by atoms with E-state index in [0.717, 1.165) is 0 Å². The predicted octanol–water partition coefficient (Wildman–Crippen LogP) is 2.02. The zero-order valence-corrected chi connectivity index (χ0v) is 11.7. The molecule has 2 rings (SSSR count). The van der Waals surface area contributed by atoms with E-state index >= 15 is 0 Å². The highest BCUT2D eigenvalue weighted by Gasteiger charge is 2.47. The SMILES string of the molecule is COC(=O)C1(NC2CCCC2)CC(C)OC(C)C1. The maximum absolute atomic E-state index is 12.2. The molecule has 104 valence electrons. The van der Waals surface area contributed by atoms with Crippen molar-refractivity contribution in [3.8, 4) is 0 Å². The smallest absolute Gasteiger partial charge is 0.326 e. The van der Waals surface area contributed by atoms with Crippen LogP contribution < -0.4 is 5.32 Å². The molecule has 0 aromatic rings. The second-order valence-corrected chi connectivity index (χ2v) is 5.86. The number of rotatable bonds is 3. The van der Waals surface area contributed by atoms with E-state index in [4.69, 9.17) is 9.47 Å². The molecule has 0 bridgehead atoms. The second kappa shape index (κ2) is 5.57. The van der Waals surface area contributed by atoms with Crippen molar-refractivity contribution in [2.24, 2.45) is 0 Å². The Morgan fingerprint density at radius 1 is 1.22 bits per heavy atom. The molecule has 2 aliphatic rings. The fourth-order valence-corrected chi connectivity index (χ4v) is 3.56. The summed E-state index contributed by atoms with van der Waals surface area (Å²) in [7, 11) is 1.48. The van der Waals surface area contributed by atoms with Crippen molar-refractivity contribution in [3.05, 3.63) is 0 Å². The number of hydrogen-bond acceptors (Lipinski definition) is 4. The Bertz CT molecular complexity index is 289. The van der Waals surface area contributed by atoms with Gasteiger partial charge in [-0.2, -0.15) is 0 Å². The van der Waals surface area contributed by atoms with Crippen LogP contribution in [0.15, 0.2) is 0 Å². The Morgan fingerprint density at radius 3 is 2.28 bits per heavy atom. The van der Waals surface area contributed by atoms with Crippen LogP contribution in [0.1, 0.15) is 52.4 Å². The Balaban J connectivity index is 2.13. The van der Waals surface area contributed by atoms with Crippen LogP contribution in [0.2, 0.25) is 0 Å². The van der Waals surface area contributed by atoms with Crippen LogP contribution in [0.5, 0.6) is 0 Å². The molecule has 0 aromatic carbocycles. The lowest BCUT2D eigenvalue weighted by Gasteiger charge is -2.42. The molecule has 1 N–H and O–H groups in total. The lowest BCUT2D eigenvalue weighted by molar-refractivity contribution is -0.160. The van der Waals surface area contributed by atoms with Crippen LogP contribution >= 0.6 is 0 Å². The van der Waals surface area contributed by atoms with Crippen molar-refractivity contribution >= 4 is 5.97 Å². The van der Waals surface area contributed by atoms with E-state index in [1.54, 1.807) is 0 Å². The van der Waals surface area contributed by atoms with Gasteiger partial charge in [0.15, 0.2) is 0 Å². The van der Waals surface area contributed by atoms with E-state index in [9.17, 15) is 4.79 Å². The lowest BCUT2D eigenvalue weighted by atomic mass is 9.83. The minimum atomic E-state index is -0.541. The molecule has 0 spiro atoms. The molecule has 0 radical (unpaired) electrons. The Hall–Kier alpha value is -0.610. The highest BCUT2D eigenvalue weighted by Crippen LogP contribution is 2.32. The Labute approximate surface area is 109 Å². The molecule has 4 nitrogen and oxygen atoms in total. The minimum Gasteiger partial charge on any atom is -0.468 e. The normalized spacial score (nSPS) is 37.7. The molecule has 1 saturated heterocycles. The number of esters is 1. The van der Waals surface area contributed by atoms with Gasteiger partial charge in [-0.1, -0.05) is 12.8 Å². The summed E-state index contributed by atoms with van der Waals surface area (Å²) in [6.45, 7) is 4.06. The van der Waals surface area contributed by atoms with Gasteiger partial charge in [-0.3, -0.25) is 10.1 Å². The van der Waals surface area contributed by atoms with Gasteiger partial charge in [0.25, 0.3) is 0 Å². The summed E-state index contributed by atoms with van der Waals surface area (Å²) in [5.74, 6) is -0.128. The number of nitrogens with one attached hydrogen (secondary N) is 1.